The molecule has 0 N–H and O–H groups in total. The minimum absolute atomic E-state index is 0.118. The topological polar surface area (TPSA) is 37.4 Å². The van der Waals surface area contributed by atoms with Crippen LogP contribution in [-0.2, 0) is 9.59 Å². The largest absolute Gasteiger partial charge is 0.274 e. The van der Waals surface area contributed by atoms with Crippen molar-refractivity contribution in [3.8, 4) is 0 Å². The summed E-state index contributed by atoms with van der Waals surface area (Å²) in [5.41, 5.74) is 0.442. The molecule has 0 atom stereocenters. The Kier molecular flexibility index (Phi) is 3.82. The summed E-state index contributed by atoms with van der Waals surface area (Å²) in [4.78, 5) is 25.7. The predicted molar refractivity (Wildman–Crippen MR) is 82.4 cm³/mol. The summed E-state index contributed by atoms with van der Waals surface area (Å²) < 4.78 is 1.76. The van der Waals surface area contributed by atoms with E-state index in [-0.39, 0.29) is 17.2 Å². The first-order chi connectivity index (χ1) is 8.30. The predicted octanol–water partition coefficient (Wildman–Crippen LogP) is 3.73. The third-order valence-electron chi connectivity index (χ3n) is 2.91. The van der Waals surface area contributed by atoms with Crippen molar-refractivity contribution in [3.63, 3.8) is 0 Å². The van der Waals surface area contributed by atoms with Crippen molar-refractivity contribution in [1.82, 2.24) is 0 Å². The number of anilines is 1. The molecule has 1 aromatic carbocycles. The van der Waals surface area contributed by atoms with Crippen molar-refractivity contribution in [3.05, 3.63) is 26.2 Å². The van der Waals surface area contributed by atoms with Gasteiger partial charge in [0.25, 0.3) is 0 Å². The van der Waals surface area contributed by atoms with E-state index in [0.717, 1.165) is 8.04 Å². The van der Waals surface area contributed by atoms with Crippen LogP contribution in [0.4, 0.5) is 5.69 Å². The van der Waals surface area contributed by atoms with Crippen molar-refractivity contribution in [1.29, 1.82) is 0 Å². The van der Waals surface area contributed by atoms with E-state index in [2.05, 4.69) is 38.5 Å². The summed E-state index contributed by atoms with van der Waals surface area (Å²) in [5.74, 6) is -0.237. The van der Waals surface area contributed by atoms with Gasteiger partial charge >= 0.3 is 0 Å². The smallest absolute Gasteiger partial charge is 0.234 e. The standard InChI is InChI=1S/C13H13BrINO2/c1-13(2)6-11(17)16(12(18)7-13)10-5-8(14)3-4-9(10)15/h3-5H,6-7H2,1-2H3. The summed E-state index contributed by atoms with van der Waals surface area (Å²) in [5, 5.41) is 0. The number of halogens is 2. The molecule has 1 aliphatic heterocycles. The highest BCUT2D eigenvalue weighted by Gasteiger charge is 2.38. The molecule has 5 heteroatoms. The molecule has 1 aliphatic rings. The lowest BCUT2D eigenvalue weighted by Gasteiger charge is -2.35. The molecule has 2 rings (SSSR count). The maximum Gasteiger partial charge on any atom is 0.234 e. The number of nitrogens with zero attached hydrogens (tertiary/aromatic N) is 1. The SMILES string of the molecule is CC1(C)CC(=O)N(c2cc(Br)ccc2I)C(=O)C1. The van der Waals surface area contributed by atoms with E-state index in [1.807, 2.05) is 32.0 Å². The van der Waals surface area contributed by atoms with Crippen LogP contribution in [0.2, 0.25) is 0 Å². The summed E-state index contributed by atoms with van der Waals surface area (Å²) in [6.45, 7) is 3.90. The van der Waals surface area contributed by atoms with Crippen molar-refractivity contribution < 1.29 is 9.59 Å². The van der Waals surface area contributed by atoms with Crippen LogP contribution in [0.15, 0.2) is 22.7 Å². The number of carbonyl (C=O) groups is 2. The zero-order chi connectivity index (χ0) is 13.5. The monoisotopic (exact) mass is 421 g/mol. The van der Waals surface area contributed by atoms with Gasteiger partial charge in [-0.05, 0) is 46.2 Å². The number of piperidine rings is 1. The van der Waals surface area contributed by atoms with Gasteiger partial charge in [0.05, 0.1) is 5.69 Å². The lowest BCUT2D eigenvalue weighted by molar-refractivity contribution is -0.132. The maximum atomic E-state index is 12.2. The van der Waals surface area contributed by atoms with Gasteiger partial charge < -0.3 is 0 Å². The number of amides is 2. The number of rotatable bonds is 1. The summed E-state index contributed by atoms with van der Waals surface area (Å²) in [7, 11) is 0. The van der Waals surface area contributed by atoms with Crippen molar-refractivity contribution >= 4 is 56.0 Å². The Bertz CT molecular complexity index is 508. The summed E-state index contributed by atoms with van der Waals surface area (Å²) >= 11 is 5.51. The zero-order valence-corrected chi connectivity index (χ0v) is 13.9. The Morgan fingerprint density at radius 2 is 1.78 bits per heavy atom. The molecule has 0 aliphatic carbocycles. The summed E-state index contributed by atoms with van der Waals surface area (Å²) in [6.07, 6.45) is 0.808. The molecule has 1 saturated heterocycles. The quantitative estimate of drug-likeness (QED) is 0.511. The van der Waals surface area contributed by atoms with E-state index >= 15 is 0 Å². The van der Waals surface area contributed by atoms with Gasteiger partial charge in [-0.1, -0.05) is 29.8 Å². The Morgan fingerprint density at radius 3 is 2.33 bits per heavy atom. The van der Waals surface area contributed by atoms with E-state index in [1.165, 1.54) is 4.90 Å². The van der Waals surface area contributed by atoms with Gasteiger partial charge in [0.1, 0.15) is 0 Å². The van der Waals surface area contributed by atoms with Crippen LogP contribution in [0.1, 0.15) is 26.7 Å². The highest BCUT2D eigenvalue weighted by atomic mass is 127. The van der Waals surface area contributed by atoms with Crippen LogP contribution < -0.4 is 4.90 Å². The zero-order valence-electron chi connectivity index (χ0n) is 10.2. The van der Waals surface area contributed by atoms with E-state index in [0.29, 0.717) is 18.5 Å². The molecular formula is C13H13BrINO2. The Morgan fingerprint density at radius 1 is 1.22 bits per heavy atom. The third kappa shape index (κ3) is 2.77. The number of hydrogen-bond acceptors (Lipinski definition) is 2. The molecule has 2 amide bonds. The van der Waals surface area contributed by atoms with Gasteiger partial charge in [0, 0.05) is 20.9 Å². The molecule has 0 bridgehead atoms. The normalized spacial score (nSPS) is 19.2. The fourth-order valence-corrected chi connectivity index (χ4v) is 3.03. The highest BCUT2D eigenvalue weighted by molar-refractivity contribution is 14.1. The minimum atomic E-state index is -0.234. The molecule has 0 aromatic heterocycles. The van der Waals surface area contributed by atoms with Crippen LogP contribution in [0.5, 0.6) is 0 Å². The number of imide groups is 1. The lowest BCUT2D eigenvalue weighted by Crippen LogP contribution is -2.46. The number of hydrogen-bond donors (Lipinski definition) is 0. The second-order valence-electron chi connectivity index (χ2n) is 5.24. The average molecular weight is 422 g/mol. The number of benzene rings is 1. The first kappa shape index (κ1) is 14.0. The van der Waals surface area contributed by atoms with Gasteiger partial charge in [-0.15, -0.1) is 0 Å². The Hall–Kier alpha value is -0.430. The lowest BCUT2D eigenvalue weighted by atomic mass is 9.81. The molecule has 1 heterocycles. The Labute approximate surface area is 128 Å². The molecule has 1 fully saturated rings. The van der Waals surface area contributed by atoms with Crippen molar-refractivity contribution in [2.45, 2.75) is 26.7 Å². The second-order valence-corrected chi connectivity index (χ2v) is 7.31. The van der Waals surface area contributed by atoms with Gasteiger partial charge in [0.15, 0.2) is 0 Å². The average Bonchev–Trinajstić information content (AvgIpc) is 2.20. The van der Waals surface area contributed by atoms with E-state index in [4.69, 9.17) is 0 Å². The van der Waals surface area contributed by atoms with E-state index < -0.39 is 0 Å². The molecular weight excluding hydrogens is 409 g/mol. The third-order valence-corrected chi connectivity index (χ3v) is 4.31. The minimum Gasteiger partial charge on any atom is -0.274 e. The van der Waals surface area contributed by atoms with Gasteiger partial charge in [-0.2, -0.15) is 0 Å². The molecule has 0 unspecified atom stereocenters. The highest BCUT2D eigenvalue weighted by Crippen LogP contribution is 2.36. The first-order valence-electron chi connectivity index (χ1n) is 5.61. The second kappa shape index (κ2) is 4.92. The van der Waals surface area contributed by atoms with Crippen molar-refractivity contribution in [2.75, 3.05) is 4.90 Å². The molecule has 3 nitrogen and oxygen atoms in total. The van der Waals surface area contributed by atoms with E-state index in [1.54, 1.807) is 0 Å². The fraction of sp³-hybridized carbons (Fsp3) is 0.385. The first-order valence-corrected chi connectivity index (χ1v) is 7.48. The van der Waals surface area contributed by atoms with Crippen molar-refractivity contribution in [2.24, 2.45) is 5.41 Å². The Balaban J connectivity index is 2.42. The van der Waals surface area contributed by atoms with Crippen LogP contribution in [0.3, 0.4) is 0 Å². The van der Waals surface area contributed by atoms with Gasteiger partial charge in [-0.25, -0.2) is 4.90 Å². The van der Waals surface area contributed by atoms with Gasteiger partial charge in [-0.3, -0.25) is 9.59 Å². The molecule has 0 spiro atoms. The molecule has 0 radical (unpaired) electrons. The maximum absolute atomic E-state index is 12.2. The summed E-state index contributed by atoms with van der Waals surface area (Å²) in [6, 6.07) is 5.60. The van der Waals surface area contributed by atoms with Gasteiger partial charge in [0.2, 0.25) is 11.8 Å². The molecule has 18 heavy (non-hydrogen) atoms. The molecule has 1 aromatic rings. The molecule has 0 saturated carbocycles. The number of carbonyl (C=O) groups excluding carboxylic acids is 2. The fourth-order valence-electron chi connectivity index (χ4n) is 2.10. The van der Waals surface area contributed by atoms with Crippen LogP contribution in [-0.4, -0.2) is 11.8 Å². The van der Waals surface area contributed by atoms with Crippen LogP contribution in [0, 0.1) is 8.99 Å². The van der Waals surface area contributed by atoms with E-state index in [9.17, 15) is 9.59 Å². The van der Waals surface area contributed by atoms with Crippen LogP contribution >= 0.6 is 38.5 Å². The van der Waals surface area contributed by atoms with Crippen LogP contribution in [0.25, 0.3) is 0 Å². The molecule has 96 valence electrons.